The highest BCUT2D eigenvalue weighted by Crippen LogP contribution is 2.28. The quantitative estimate of drug-likeness (QED) is 0.395. The van der Waals surface area contributed by atoms with Crippen LogP contribution in [0, 0.1) is 10.1 Å². The van der Waals surface area contributed by atoms with E-state index >= 15 is 0 Å². The Hall–Kier alpha value is -4.01. The molecule has 1 amide bonds. The zero-order chi connectivity index (χ0) is 19.2. The van der Waals surface area contributed by atoms with Gasteiger partial charge in [-0.3, -0.25) is 20.0 Å². The highest BCUT2D eigenvalue weighted by Gasteiger charge is 2.13. The summed E-state index contributed by atoms with van der Waals surface area (Å²) in [5, 5.41) is 21.3. The van der Waals surface area contributed by atoms with Gasteiger partial charge in [-0.1, -0.05) is 24.3 Å². The van der Waals surface area contributed by atoms with Gasteiger partial charge in [-0.2, -0.15) is 10.2 Å². The summed E-state index contributed by atoms with van der Waals surface area (Å²) in [6.45, 7) is 0. The second kappa shape index (κ2) is 7.91. The number of amides is 1. The fraction of sp³-hybridized carbons (Fsp3) is 0.0556. The van der Waals surface area contributed by atoms with Gasteiger partial charge in [-0.25, -0.2) is 5.43 Å². The summed E-state index contributed by atoms with van der Waals surface area (Å²) in [5.41, 5.74) is 4.30. The number of aromatic amines is 1. The van der Waals surface area contributed by atoms with Crippen molar-refractivity contribution in [2.45, 2.75) is 0 Å². The highest BCUT2D eigenvalue weighted by atomic mass is 16.6. The van der Waals surface area contributed by atoms with Crippen LogP contribution in [0.15, 0.2) is 59.7 Å². The minimum Gasteiger partial charge on any atom is -0.496 e. The summed E-state index contributed by atoms with van der Waals surface area (Å²) < 4.78 is 5.28. The number of non-ortho nitro benzene ring substituents is 1. The number of nitrogens with zero attached hydrogens (tertiary/aromatic N) is 3. The summed E-state index contributed by atoms with van der Waals surface area (Å²) in [5.74, 6) is 0.143. The number of carbonyl (C=O) groups excluding carboxylic acids is 1. The van der Waals surface area contributed by atoms with Crippen LogP contribution >= 0.6 is 0 Å². The van der Waals surface area contributed by atoms with Gasteiger partial charge >= 0.3 is 0 Å². The van der Waals surface area contributed by atoms with E-state index in [1.165, 1.54) is 24.4 Å². The third kappa shape index (κ3) is 4.15. The Kier molecular flexibility index (Phi) is 5.22. The molecule has 0 fully saturated rings. The normalized spacial score (nSPS) is 10.7. The lowest BCUT2D eigenvalue weighted by Crippen LogP contribution is -2.18. The van der Waals surface area contributed by atoms with E-state index in [1.807, 2.05) is 18.2 Å². The fourth-order valence-corrected chi connectivity index (χ4v) is 2.38. The van der Waals surface area contributed by atoms with Gasteiger partial charge in [-0.15, -0.1) is 0 Å². The number of nitro benzene ring substituents is 1. The average molecular weight is 365 g/mol. The molecule has 0 aliphatic heterocycles. The maximum absolute atomic E-state index is 12.2. The molecule has 27 heavy (non-hydrogen) atoms. The van der Waals surface area contributed by atoms with E-state index in [2.05, 4.69) is 20.7 Å². The zero-order valence-corrected chi connectivity index (χ0v) is 14.2. The molecule has 0 saturated heterocycles. The summed E-state index contributed by atoms with van der Waals surface area (Å²) in [6, 6.07) is 14.8. The van der Waals surface area contributed by atoms with Crippen molar-refractivity contribution >= 4 is 17.8 Å². The van der Waals surface area contributed by atoms with Crippen molar-refractivity contribution in [2.24, 2.45) is 5.10 Å². The zero-order valence-electron chi connectivity index (χ0n) is 14.2. The van der Waals surface area contributed by atoms with E-state index in [9.17, 15) is 14.9 Å². The van der Waals surface area contributed by atoms with E-state index in [4.69, 9.17) is 4.74 Å². The number of methoxy groups -OCH3 is 1. The predicted molar refractivity (Wildman–Crippen MR) is 98.7 cm³/mol. The first-order valence-corrected chi connectivity index (χ1v) is 7.85. The van der Waals surface area contributed by atoms with Crippen molar-refractivity contribution in [2.75, 3.05) is 7.11 Å². The Bertz CT molecular complexity index is 1010. The minimum absolute atomic E-state index is 0.0553. The number of rotatable bonds is 6. The Morgan fingerprint density at radius 3 is 2.85 bits per heavy atom. The van der Waals surface area contributed by atoms with Gasteiger partial charge in [0.2, 0.25) is 0 Å². The predicted octanol–water partition coefficient (Wildman–Crippen LogP) is 2.76. The van der Waals surface area contributed by atoms with E-state index < -0.39 is 10.8 Å². The maximum atomic E-state index is 12.2. The number of aromatic nitrogens is 2. The molecule has 0 unspecified atom stereocenters. The van der Waals surface area contributed by atoms with Crippen LogP contribution in [0.25, 0.3) is 11.3 Å². The number of ether oxygens (including phenoxy) is 1. The molecule has 0 atom stereocenters. The van der Waals surface area contributed by atoms with Crippen molar-refractivity contribution < 1.29 is 14.5 Å². The number of nitro groups is 1. The van der Waals surface area contributed by atoms with Crippen molar-refractivity contribution in [1.29, 1.82) is 0 Å². The molecule has 0 aliphatic rings. The molecule has 1 aromatic heterocycles. The fourth-order valence-electron chi connectivity index (χ4n) is 2.38. The van der Waals surface area contributed by atoms with E-state index in [0.29, 0.717) is 17.0 Å². The number of H-pyrrole nitrogens is 1. The standard InChI is InChI=1S/C18H15N5O4/c1-27-17-8-3-2-7-14(17)15-10-16(21-20-15)18(24)22-19-11-12-5-4-6-13(9-12)23(25)26/h2-11H,1H3,(H,20,21)(H,22,24)/b19-11+. The van der Waals surface area contributed by atoms with E-state index in [1.54, 1.807) is 25.3 Å². The second-order valence-corrected chi connectivity index (χ2v) is 5.42. The smallest absolute Gasteiger partial charge is 0.289 e. The molecule has 0 radical (unpaired) electrons. The molecule has 0 aliphatic carbocycles. The van der Waals surface area contributed by atoms with Crippen molar-refractivity contribution in [3.8, 4) is 17.0 Å². The van der Waals surface area contributed by atoms with Crippen LogP contribution in [0.3, 0.4) is 0 Å². The molecular weight excluding hydrogens is 350 g/mol. The topological polar surface area (TPSA) is 123 Å². The number of hydrazone groups is 1. The van der Waals surface area contributed by atoms with Crippen LogP contribution in [0.2, 0.25) is 0 Å². The Morgan fingerprint density at radius 2 is 2.07 bits per heavy atom. The Labute approximate surface area is 153 Å². The van der Waals surface area contributed by atoms with Crippen molar-refractivity contribution in [3.05, 3.63) is 76.0 Å². The molecule has 0 saturated carbocycles. The SMILES string of the molecule is COc1ccccc1-c1cc(C(=O)N/N=C/c2cccc([N+](=O)[O-])c2)[nH]n1. The monoisotopic (exact) mass is 365 g/mol. The number of nitrogens with one attached hydrogen (secondary N) is 2. The van der Waals surface area contributed by atoms with Crippen LogP contribution < -0.4 is 10.2 Å². The highest BCUT2D eigenvalue weighted by molar-refractivity contribution is 5.94. The van der Waals surface area contributed by atoms with Gasteiger partial charge < -0.3 is 4.74 Å². The van der Waals surface area contributed by atoms with Crippen LogP contribution in [-0.2, 0) is 0 Å². The number of carbonyl (C=O) groups is 1. The van der Waals surface area contributed by atoms with Gasteiger partial charge in [0.15, 0.2) is 0 Å². The Morgan fingerprint density at radius 1 is 1.26 bits per heavy atom. The molecule has 2 aromatic carbocycles. The van der Waals surface area contributed by atoms with Crippen LogP contribution in [0.4, 0.5) is 5.69 Å². The summed E-state index contributed by atoms with van der Waals surface area (Å²) in [4.78, 5) is 22.4. The Balaban J connectivity index is 1.70. The summed E-state index contributed by atoms with van der Waals surface area (Å²) in [6.07, 6.45) is 1.32. The molecule has 1 heterocycles. The third-order valence-corrected chi connectivity index (χ3v) is 3.67. The first-order valence-electron chi connectivity index (χ1n) is 7.85. The third-order valence-electron chi connectivity index (χ3n) is 3.67. The van der Waals surface area contributed by atoms with Gasteiger partial charge in [0.05, 0.1) is 23.9 Å². The molecule has 0 spiro atoms. The first-order chi connectivity index (χ1) is 13.1. The molecular formula is C18H15N5O4. The molecule has 9 heteroatoms. The molecule has 0 bridgehead atoms. The van der Waals surface area contributed by atoms with E-state index in [-0.39, 0.29) is 11.4 Å². The largest absolute Gasteiger partial charge is 0.496 e. The molecule has 3 rings (SSSR count). The molecule has 2 N–H and O–H groups in total. The van der Waals surface area contributed by atoms with Crippen molar-refractivity contribution in [3.63, 3.8) is 0 Å². The molecule has 136 valence electrons. The van der Waals surface area contributed by atoms with Gasteiger partial charge in [0.1, 0.15) is 11.4 Å². The first kappa shape index (κ1) is 17.8. The van der Waals surface area contributed by atoms with E-state index in [0.717, 1.165) is 5.56 Å². The van der Waals surface area contributed by atoms with Crippen LogP contribution in [-0.4, -0.2) is 34.4 Å². The molecule has 3 aromatic rings. The lowest BCUT2D eigenvalue weighted by Gasteiger charge is -2.04. The molecule has 9 nitrogen and oxygen atoms in total. The number of hydrogen-bond acceptors (Lipinski definition) is 6. The maximum Gasteiger partial charge on any atom is 0.289 e. The number of hydrogen-bond donors (Lipinski definition) is 2. The number of benzene rings is 2. The average Bonchev–Trinajstić information content (AvgIpc) is 3.18. The van der Waals surface area contributed by atoms with Crippen molar-refractivity contribution in [1.82, 2.24) is 15.6 Å². The lowest BCUT2D eigenvalue weighted by molar-refractivity contribution is -0.384. The number of para-hydroxylation sites is 1. The summed E-state index contributed by atoms with van der Waals surface area (Å²) >= 11 is 0. The van der Waals surface area contributed by atoms with Crippen LogP contribution in [0.5, 0.6) is 5.75 Å². The van der Waals surface area contributed by atoms with Gasteiger partial charge in [0, 0.05) is 23.3 Å². The van der Waals surface area contributed by atoms with Gasteiger partial charge in [0.25, 0.3) is 11.6 Å². The second-order valence-electron chi connectivity index (χ2n) is 5.42. The van der Waals surface area contributed by atoms with Crippen LogP contribution in [0.1, 0.15) is 16.1 Å². The van der Waals surface area contributed by atoms with Gasteiger partial charge in [-0.05, 0) is 18.2 Å². The summed E-state index contributed by atoms with van der Waals surface area (Å²) in [7, 11) is 1.56. The minimum atomic E-state index is -0.500. The lowest BCUT2D eigenvalue weighted by atomic mass is 10.1.